The lowest BCUT2D eigenvalue weighted by Gasteiger charge is -2.09. The number of hydrogen-bond donors (Lipinski definition) is 1. The molecule has 27 heavy (non-hydrogen) atoms. The van der Waals surface area contributed by atoms with Crippen LogP contribution in [0.15, 0.2) is 53.4 Å². The predicted molar refractivity (Wildman–Crippen MR) is 104 cm³/mol. The third-order valence-electron chi connectivity index (χ3n) is 3.88. The summed E-state index contributed by atoms with van der Waals surface area (Å²) in [5.74, 6) is -0.776. The minimum absolute atomic E-state index is 0.184. The molecular formula is C20H23NO5S. The second-order valence-corrected chi connectivity index (χ2v) is 8.79. The van der Waals surface area contributed by atoms with E-state index in [0.717, 1.165) is 6.42 Å². The first-order chi connectivity index (χ1) is 12.8. The van der Waals surface area contributed by atoms with Crippen molar-refractivity contribution in [2.75, 3.05) is 11.9 Å². The Morgan fingerprint density at radius 2 is 1.52 bits per heavy atom. The molecule has 144 valence electrons. The van der Waals surface area contributed by atoms with Crippen LogP contribution < -0.4 is 5.32 Å². The van der Waals surface area contributed by atoms with Crippen molar-refractivity contribution >= 4 is 27.4 Å². The molecule has 0 unspecified atom stereocenters. The van der Waals surface area contributed by atoms with Gasteiger partial charge in [-0.25, -0.2) is 13.2 Å². The summed E-state index contributed by atoms with van der Waals surface area (Å²) in [7, 11) is -3.37. The quantitative estimate of drug-likeness (QED) is 0.730. The normalized spacial score (nSPS) is 11.3. The Morgan fingerprint density at radius 1 is 0.963 bits per heavy atom. The number of carbonyl (C=O) groups is 2. The fourth-order valence-corrected chi connectivity index (χ4v) is 3.30. The molecule has 1 amide bonds. The van der Waals surface area contributed by atoms with Crippen LogP contribution >= 0.6 is 0 Å². The number of amides is 1. The number of sulfone groups is 1. The van der Waals surface area contributed by atoms with E-state index in [1.54, 1.807) is 38.1 Å². The first-order valence-corrected chi connectivity index (χ1v) is 10.2. The molecule has 0 aliphatic carbocycles. The molecule has 6 nitrogen and oxygen atoms in total. The molecule has 0 atom stereocenters. The van der Waals surface area contributed by atoms with E-state index in [-0.39, 0.29) is 10.8 Å². The smallest absolute Gasteiger partial charge is 0.338 e. The molecule has 0 bridgehead atoms. The number of nitrogens with one attached hydrogen (secondary N) is 1. The zero-order valence-corrected chi connectivity index (χ0v) is 16.4. The molecule has 0 aromatic heterocycles. The first-order valence-electron chi connectivity index (χ1n) is 8.68. The SMILES string of the molecule is CCCOC(=O)c1ccc(NC(=O)c2ccc(S(=O)(=O)C(C)C)cc2)cc1. The van der Waals surface area contributed by atoms with Gasteiger partial charge in [0.25, 0.3) is 5.91 Å². The number of rotatable bonds is 7. The van der Waals surface area contributed by atoms with E-state index >= 15 is 0 Å². The predicted octanol–water partition coefficient (Wildman–Crippen LogP) is 3.69. The van der Waals surface area contributed by atoms with Gasteiger partial charge >= 0.3 is 5.97 Å². The van der Waals surface area contributed by atoms with Crippen molar-refractivity contribution in [3.05, 3.63) is 59.7 Å². The number of anilines is 1. The summed E-state index contributed by atoms with van der Waals surface area (Å²) in [5, 5.41) is 2.18. The zero-order chi connectivity index (χ0) is 20.0. The average Bonchev–Trinajstić information content (AvgIpc) is 2.66. The van der Waals surface area contributed by atoms with Gasteiger partial charge in [-0.3, -0.25) is 4.79 Å². The lowest BCUT2D eigenvalue weighted by Crippen LogP contribution is -2.15. The molecule has 7 heteroatoms. The van der Waals surface area contributed by atoms with Gasteiger partial charge in [0.2, 0.25) is 0 Å². The number of benzene rings is 2. The van der Waals surface area contributed by atoms with Crippen molar-refractivity contribution in [1.82, 2.24) is 0 Å². The van der Waals surface area contributed by atoms with E-state index in [4.69, 9.17) is 4.74 Å². The second-order valence-electron chi connectivity index (χ2n) is 6.29. The van der Waals surface area contributed by atoms with Crippen LogP contribution in [0.25, 0.3) is 0 Å². The molecule has 2 aromatic rings. The molecule has 0 fully saturated rings. The van der Waals surface area contributed by atoms with Crippen LogP contribution in [0.2, 0.25) is 0 Å². The minimum Gasteiger partial charge on any atom is -0.462 e. The monoisotopic (exact) mass is 389 g/mol. The zero-order valence-electron chi connectivity index (χ0n) is 15.6. The van der Waals surface area contributed by atoms with Gasteiger partial charge in [-0.2, -0.15) is 0 Å². The Labute approximate surface area is 159 Å². The maximum Gasteiger partial charge on any atom is 0.338 e. The summed E-state index contributed by atoms with van der Waals surface area (Å²) in [5.41, 5.74) is 1.26. The topological polar surface area (TPSA) is 89.5 Å². The van der Waals surface area contributed by atoms with E-state index in [1.807, 2.05) is 6.92 Å². The molecule has 0 aliphatic rings. The minimum atomic E-state index is -3.37. The highest BCUT2D eigenvalue weighted by Gasteiger charge is 2.19. The van der Waals surface area contributed by atoms with Gasteiger partial charge in [0.15, 0.2) is 9.84 Å². The summed E-state index contributed by atoms with van der Waals surface area (Å²) < 4.78 is 29.3. The Kier molecular flexibility index (Phi) is 6.74. The lowest BCUT2D eigenvalue weighted by molar-refractivity contribution is 0.0505. The van der Waals surface area contributed by atoms with Crippen LogP contribution in [-0.2, 0) is 14.6 Å². The van der Waals surface area contributed by atoms with Gasteiger partial charge in [0.1, 0.15) is 0 Å². The molecule has 0 heterocycles. The largest absolute Gasteiger partial charge is 0.462 e. The van der Waals surface area contributed by atoms with Crippen LogP contribution in [0.1, 0.15) is 47.9 Å². The Balaban J connectivity index is 2.06. The van der Waals surface area contributed by atoms with Crippen molar-refractivity contribution in [2.45, 2.75) is 37.3 Å². The van der Waals surface area contributed by atoms with E-state index in [9.17, 15) is 18.0 Å². The van der Waals surface area contributed by atoms with Gasteiger partial charge in [0, 0.05) is 11.3 Å². The fraction of sp³-hybridized carbons (Fsp3) is 0.300. The Bertz CT molecular complexity index is 900. The van der Waals surface area contributed by atoms with E-state index in [1.165, 1.54) is 24.3 Å². The van der Waals surface area contributed by atoms with Crippen molar-refractivity contribution < 1.29 is 22.7 Å². The number of hydrogen-bond acceptors (Lipinski definition) is 5. The van der Waals surface area contributed by atoms with Gasteiger partial charge in [-0.15, -0.1) is 0 Å². The molecule has 2 rings (SSSR count). The number of carbonyl (C=O) groups excluding carboxylic acids is 2. The highest BCUT2D eigenvalue weighted by molar-refractivity contribution is 7.92. The van der Waals surface area contributed by atoms with Crippen LogP contribution in [-0.4, -0.2) is 32.2 Å². The Morgan fingerprint density at radius 3 is 2.04 bits per heavy atom. The van der Waals surface area contributed by atoms with Gasteiger partial charge in [-0.05, 0) is 68.8 Å². The molecular weight excluding hydrogens is 366 g/mol. The third kappa shape index (κ3) is 5.17. The Hall–Kier alpha value is -2.67. The third-order valence-corrected chi connectivity index (χ3v) is 6.05. The number of esters is 1. The van der Waals surface area contributed by atoms with Crippen LogP contribution in [0.3, 0.4) is 0 Å². The highest BCUT2D eigenvalue weighted by atomic mass is 32.2. The summed E-state index contributed by atoms with van der Waals surface area (Å²) in [6.07, 6.45) is 0.747. The fourth-order valence-electron chi connectivity index (χ4n) is 2.24. The van der Waals surface area contributed by atoms with Crippen molar-refractivity contribution in [3.8, 4) is 0 Å². The first kappa shape index (κ1) is 20.6. The molecule has 0 spiro atoms. The van der Waals surface area contributed by atoms with Crippen LogP contribution in [0.4, 0.5) is 5.69 Å². The molecule has 0 aliphatic heterocycles. The summed E-state index contributed by atoms with van der Waals surface area (Å²) in [6.45, 7) is 5.49. The van der Waals surface area contributed by atoms with Crippen LogP contribution in [0, 0.1) is 0 Å². The molecule has 0 saturated carbocycles. The summed E-state index contributed by atoms with van der Waals surface area (Å²) in [6, 6.07) is 12.2. The average molecular weight is 389 g/mol. The van der Waals surface area contributed by atoms with Crippen molar-refractivity contribution in [2.24, 2.45) is 0 Å². The van der Waals surface area contributed by atoms with Gasteiger partial charge in [-0.1, -0.05) is 6.92 Å². The second kappa shape index (κ2) is 8.81. The highest BCUT2D eigenvalue weighted by Crippen LogP contribution is 2.18. The molecule has 2 aromatic carbocycles. The van der Waals surface area contributed by atoms with E-state index in [0.29, 0.717) is 23.4 Å². The maximum absolute atomic E-state index is 12.3. The van der Waals surface area contributed by atoms with Crippen LogP contribution in [0.5, 0.6) is 0 Å². The number of ether oxygens (including phenoxy) is 1. The van der Waals surface area contributed by atoms with Gasteiger partial charge < -0.3 is 10.1 Å². The van der Waals surface area contributed by atoms with Gasteiger partial charge in [0.05, 0.1) is 22.3 Å². The summed E-state index contributed by atoms with van der Waals surface area (Å²) >= 11 is 0. The molecule has 0 radical (unpaired) electrons. The van der Waals surface area contributed by atoms with E-state index < -0.39 is 21.1 Å². The van der Waals surface area contributed by atoms with E-state index in [2.05, 4.69) is 5.32 Å². The standard InChI is InChI=1S/C20H23NO5S/c1-4-13-26-20(23)16-5-9-17(10-6-16)21-19(22)15-7-11-18(12-8-15)27(24,25)14(2)3/h5-12,14H,4,13H2,1-3H3,(H,21,22). The molecule has 0 saturated heterocycles. The lowest BCUT2D eigenvalue weighted by atomic mass is 10.2. The summed E-state index contributed by atoms with van der Waals surface area (Å²) in [4.78, 5) is 24.3. The van der Waals surface area contributed by atoms with Crippen molar-refractivity contribution in [1.29, 1.82) is 0 Å². The molecule has 1 N–H and O–H groups in total. The maximum atomic E-state index is 12.3. The van der Waals surface area contributed by atoms with Crippen molar-refractivity contribution in [3.63, 3.8) is 0 Å².